The monoisotopic (exact) mass is 220 g/mol. The fourth-order valence-electron chi connectivity index (χ4n) is 2.41. The van der Waals surface area contributed by atoms with Gasteiger partial charge in [-0.1, -0.05) is 6.92 Å². The van der Waals surface area contributed by atoms with Crippen molar-refractivity contribution in [3.8, 4) is 0 Å². The van der Waals surface area contributed by atoms with Gasteiger partial charge in [-0.25, -0.2) is 10.8 Å². The molecule has 1 fully saturated rings. The zero-order valence-corrected chi connectivity index (χ0v) is 9.82. The molecular weight excluding hydrogens is 200 g/mol. The molecule has 0 spiro atoms. The fraction of sp³-hybridized carbons (Fsp3) is 0.583. The predicted octanol–water partition coefficient (Wildman–Crippen LogP) is 2.14. The van der Waals surface area contributed by atoms with Crippen molar-refractivity contribution in [2.45, 2.75) is 38.6 Å². The van der Waals surface area contributed by atoms with E-state index in [-0.39, 0.29) is 0 Å². The summed E-state index contributed by atoms with van der Waals surface area (Å²) in [7, 11) is 0. The van der Waals surface area contributed by atoms with E-state index in [0.29, 0.717) is 11.9 Å². The minimum atomic E-state index is 0.673. The summed E-state index contributed by atoms with van der Waals surface area (Å²) in [5.74, 6) is 6.02. The van der Waals surface area contributed by atoms with Crippen molar-refractivity contribution in [2.75, 3.05) is 16.9 Å². The molecule has 1 aromatic rings. The summed E-state index contributed by atoms with van der Waals surface area (Å²) in [5.41, 5.74) is 3.77. The van der Waals surface area contributed by atoms with Gasteiger partial charge in [-0.15, -0.1) is 0 Å². The highest BCUT2D eigenvalue weighted by molar-refractivity contribution is 5.50. The molecule has 1 unspecified atom stereocenters. The van der Waals surface area contributed by atoms with Gasteiger partial charge in [0.1, 0.15) is 5.82 Å². The molecule has 4 heteroatoms. The number of nitrogens with zero attached hydrogens (tertiary/aromatic N) is 2. The summed E-state index contributed by atoms with van der Waals surface area (Å²) >= 11 is 0. The highest BCUT2D eigenvalue weighted by atomic mass is 15.3. The van der Waals surface area contributed by atoms with Crippen LogP contribution in [0.15, 0.2) is 18.3 Å². The van der Waals surface area contributed by atoms with Crippen molar-refractivity contribution < 1.29 is 0 Å². The lowest BCUT2D eigenvalue weighted by atomic mass is 9.99. The number of pyridine rings is 1. The number of nitrogens with one attached hydrogen (secondary N) is 1. The normalized spacial score (nSPS) is 20.9. The minimum Gasteiger partial charge on any atom is -0.367 e. The second-order valence-corrected chi connectivity index (χ2v) is 4.30. The van der Waals surface area contributed by atoms with E-state index in [2.05, 4.69) is 28.3 Å². The van der Waals surface area contributed by atoms with E-state index < -0.39 is 0 Å². The first-order valence-corrected chi connectivity index (χ1v) is 6.04. The Morgan fingerprint density at radius 1 is 1.50 bits per heavy atom. The highest BCUT2D eigenvalue weighted by Crippen LogP contribution is 2.26. The van der Waals surface area contributed by atoms with Crippen molar-refractivity contribution in [1.29, 1.82) is 0 Å². The molecule has 4 nitrogen and oxygen atoms in total. The Bertz CT molecular complexity index is 322. The average molecular weight is 220 g/mol. The Kier molecular flexibility index (Phi) is 3.62. The van der Waals surface area contributed by atoms with E-state index in [1.165, 1.54) is 31.4 Å². The molecule has 2 rings (SSSR count). The summed E-state index contributed by atoms with van der Waals surface area (Å²) in [6.45, 7) is 3.40. The van der Waals surface area contributed by atoms with Gasteiger partial charge < -0.3 is 10.3 Å². The number of nitrogens with two attached hydrogens (primary N) is 1. The van der Waals surface area contributed by atoms with Gasteiger partial charge >= 0.3 is 0 Å². The van der Waals surface area contributed by atoms with Crippen LogP contribution in [0.5, 0.6) is 0 Å². The molecular formula is C12H20N4. The van der Waals surface area contributed by atoms with Gasteiger partial charge in [0, 0.05) is 12.6 Å². The zero-order valence-electron chi connectivity index (χ0n) is 9.82. The quantitative estimate of drug-likeness (QED) is 0.605. The molecule has 0 bridgehead atoms. The molecule has 1 aliphatic heterocycles. The van der Waals surface area contributed by atoms with Gasteiger partial charge in [0.15, 0.2) is 0 Å². The molecule has 0 amide bonds. The van der Waals surface area contributed by atoms with Gasteiger partial charge in [0.2, 0.25) is 0 Å². The second kappa shape index (κ2) is 5.16. The first-order valence-electron chi connectivity index (χ1n) is 6.04. The number of hydrogen-bond donors (Lipinski definition) is 2. The van der Waals surface area contributed by atoms with E-state index in [1.54, 1.807) is 0 Å². The van der Waals surface area contributed by atoms with E-state index in [4.69, 9.17) is 5.84 Å². The minimum absolute atomic E-state index is 0.673. The Balaban J connectivity index is 2.14. The Hall–Kier alpha value is -1.29. The molecule has 0 aliphatic carbocycles. The molecule has 3 N–H and O–H groups in total. The maximum atomic E-state index is 5.31. The fourth-order valence-corrected chi connectivity index (χ4v) is 2.41. The molecule has 1 atom stereocenters. The highest BCUT2D eigenvalue weighted by Gasteiger charge is 2.20. The van der Waals surface area contributed by atoms with Crippen LogP contribution in [-0.4, -0.2) is 17.6 Å². The van der Waals surface area contributed by atoms with Crippen LogP contribution in [0, 0.1) is 0 Å². The van der Waals surface area contributed by atoms with Crippen LogP contribution in [0.25, 0.3) is 0 Å². The standard InChI is InChI=1S/C12H20N4/c1-2-10-5-3-4-8-16(10)11-6-7-12(15-13)14-9-11/h6-7,9-10H,2-5,8,13H2,1H3,(H,14,15). The van der Waals surface area contributed by atoms with Gasteiger partial charge in [-0.3, -0.25) is 0 Å². The van der Waals surface area contributed by atoms with E-state index in [0.717, 1.165) is 6.54 Å². The molecule has 1 aliphatic rings. The number of nitrogen functional groups attached to an aromatic ring is 1. The lowest BCUT2D eigenvalue weighted by Gasteiger charge is -2.37. The summed E-state index contributed by atoms with van der Waals surface area (Å²) in [4.78, 5) is 6.73. The molecule has 0 radical (unpaired) electrons. The maximum absolute atomic E-state index is 5.31. The Morgan fingerprint density at radius 3 is 3.00 bits per heavy atom. The first-order chi connectivity index (χ1) is 7.85. The lowest BCUT2D eigenvalue weighted by Crippen LogP contribution is -2.39. The Morgan fingerprint density at radius 2 is 2.38 bits per heavy atom. The van der Waals surface area contributed by atoms with E-state index in [1.807, 2.05) is 12.3 Å². The van der Waals surface area contributed by atoms with Crippen LogP contribution >= 0.6 is 0 Å². The lowest BCUT2D eigenvalue weighted by molar-refractivity contribution is 0.449. The third kappa shape index (κ3) is 2.27. The molecule has 1 saturated heterocycles. The Labute approximate surface area is 96.8 Å². The number of hydrogen-bond acceptors (Lipinski definition) is 4. The van der Waals surface area contributed by atoms with Gasteiger partial charge in [-0.2, -0.15) is 0 Å². The van der Waals surface area contributed by atoms with Crippen LogP contribution in [0.3, 0.4) is 0 Å². The average Bonchev–Trinajstić information content (AvgIpc) is 2.39. The van der Waals surface area contributed by atoms with Gasteiger partial charge in [0.05, 0.1) is 11.9 Å². The zero-order chi connectivity index (χ0) is 11.4. The third-order valence-electron chi connectivity index (χ3n) is 3.33. The van der Waals surface area contributed by atoms with Crippen LogP contribution < -0.4 is 16.2 Å². The second-order valence-electron chi connectivity index (χ2n) is 4.30. The van der Waals surface area contributed by atoms with Crippen molar-refractivity contribution in [2.24, 2.45) is 5.84 Å². The summed E-state index contributed by atoms with van der Waals surface area (Å²) in [5, 5.41) is 0. The molecule has 0 saturated carbocycles. The number of aromatic nitrogens is 1. The smallest absolute Gasteiger partial charge is 0.140 e. The van der Waals surface area contributed by atoms with E-state index >= 15 is 0 Å². The maximum Gasteiger partial charge on any atom is 0.140 e. The van der Waals surface area contributed by atoms with Crippen LogP contribution in [0.4, 0.5) is 11.5 Å². The van der Waals surface area contributed by atoms with E-state index in [9.17, 15) is 0 Å². The van der Waals surface area contributed by atoms with Crippen molar-refractivity contribution in [3.05, 3.63) is 18.3 Å². The molecule has 2 heterocycles. The van der Waals surface area contributed by atoms with Crippen molar-refractivity contribution in [1.82, 2.24) is 4.98 Å². The summed E-state index contributed by atoms with van der Waals surface area (Å²) in [6, 6.07) is 4.69. The molecule has 0 aromatic carbocycles. The SMILES string of the molecule is CCC1CCCCN1c1ccc(NN)nc1. The van der Waals surface area contributed by atoms with Crippen molar-refractivity contribution in [3.63, 3.8) is 0 Å². The van der Waals surface area contributed by atoms with Gasteiger partial charge in [-0.05, 0) is 37.8 Å². The number of piperidine rings is 1. The number of anilines is 2. The summed E-state index contributed by atoms with van der Waals surface area (Å²) in [6.07, 6.45) is 7.05. The van der Waals surface area contributed by atoms with Crippen LogP contribution in [0.2, 0.25) is 0 Å². The van der Waals surface area contributed by atoms with Crippen LogP contribution in [0.1, 0.15) is 32.6 Å². The number of hydrazine groups is 1. The van der Waals surface area contributed by atoms with Crippen molar-refractivity contribution >= 4 is 11.5 Å². The molecule has 1 aromatic heterocycles. The third-order valence-corrected chi connectivity index (χ3v) is 3.33. The largest absolute Gasteiger partial charge is 0.367 e. The topological polar surface area (TPSA) is 54.2 Å². The molecule has 16 heavy (non-hydrogen) atoms. The van der Waals surface area contributed by atoms with Gasteiger partial charge in [0.25, 0.3) is 0 Å². The predicted molar refractivity (Wildman–Crippen MR) is 67.3 cm³/mol. The number of rotatable bonds is 3. The first kappa shape index (κ1) is 11.2. The molecule has 88 valence electrons. The summed E-state index contributed by atoms with van der Waals surface area (Å²) < 4.78 is 0. The van der Waals surface area contributed by atoms with Crippen LogP contribution in [-0.2, 0) is 0 Å².